The Bertz CT molecular complexity index is 964. The zero-order valence-electron chi connectivity index (χ0n) is 14.9. The SMILES string of the molecule is CN(Cc1cn(C2OC(COP(=O)(Cl)Cl)C(O)C2O)c(=O)[nH]c1=O)C(=O)C(F)(F)F. The average molecular weight is 500 g/mol. The van der Waals surface area contributed by atoms with Gasteiger partial charge in [-0.15, -0.1) is 0 Å². The first-order valence-electron chi connectivity index (χ1n) is 7.94. The van der Waals surface area contributed by atoms with Gasteiger partial charge >= 0.3 is 23.8 Å². The van der Waals surface area contributed by atoms with Gasteiger partial charge in [0.15, 0.2) is 6.23 Å². The lowest BCUT2D eigenvalue weighted by atomic mass is 10.1. The van der Waals surface area contributed by atoms with Gasteiger partial charge in [-0.3, -0.25) is 23.7 Å². The van der Waals surface area contributed by atoms with Crippen LogP contribution in [0.4, 0.5) is 13.2 Å². The summed E-state index contributed by atoms with van der Waals surface area (Å²) in [6.07, 6.45) is -14.8. The Morgan fingerprint density at radius 2 is 1.97 bits per heavy atom. The summed E-state index contributed by atoms with van der Waals surface area (Å²) in [5.41, 5.74) is -2.63. The van der Waals surface area contributed by atoms with E-state index in [1.54, 1.807) is 0 Å². The highest BCUT2D eigenvalue weighted by Gasteiger charge is 2.45. The summed E-state index contributed by atoms with van der Waals surface area (Å²) >= 11 is 10.4. The third-order valence-corrected chi connectivity index (χ3v) is 5.07. The number of aliphatic hydroxyl groups excluding tert-OH is 2. The monoisotopic (exact) mass is 499 g/mol. The van der Waals surface area contributed by atoms with Crippen molar-refractivity contribution in [1.82, 2.24) is 14.5 Å². The summed E-state index contributed by atoms with van der Waals surface area (Å²) < 4.78 is 59.2. The fraction of sp³-hybridized carbons (Fsp3) is 0.615. The highest BCUT2D eigenvalue weighted by molar-refractivity contribution is 8.05. The fourth-order valence-corrected chi connectivity index (χ4v) is 3.29. The van der Waals surface area contributed by atoms with Crippen molar-refractivity contribution in [1.29, 1.82) is 0 Å². The summed E-state index contributed by atoms with van der Waals surface area (Å²) in [5.74, 6) is -2.23. The Kier molecular flexibility index (Phi) is 7.45. The minimum atomic E-state index is -5.18. The molecule has 3 N–H and O–H groups in total. The number of aromatic nitrogens is 2. The van der Waals surface area contributed by atoms with E-state index in [9.17, 15) is 42.3 Å². The topological polar surface area (TPSA) is 151 Å². The maximum absolute atomic E-state index is 12.5. The van der Waals surface area contributed by atoms with Gasteiger partial charge in [0.05, 0.1) is 18.7 Å². The molecule has 1 aliphatic rings. The van der Waals surface area contributed by atoms with E-state index in [4.69, 9.17) is 27.2 Å². The summed E-state index contributed by atoms with van der Waals surface area (Å²) in [4.78, 5) is 37.3. The van der Waals surface area contributed by atoms with Gasteiger partial charge in [0.2, 0.25) is 0 Å². The van der Waals surface area contributed by atoms with Crippen molar-refractivity contribution in [2.24, 2.45) is 0 Å². The first-order valence-corrected chi connectivity index (χ1v) is 11.4. The number of H-pyrrole nitrogens is 1. The molecule has 1 saturated heterocycles. The van der Waals surface area contributed by atoms with E-state index in [0.29, 0.717) is 4.57 Å². The van der Waals surface area contributed by atoms with Crippen molar-refractivity contribution in [2.45, 2.75) is 37.3 Å². The molecule has 0 bridgehead atoms. The molecule has 1 amide bonds. The lowest BCUT2D eigenvalue weighted by Gasteiger charge is -2.21. The number of halogens is 5. The van der Waals surface area contributed by atoms with Crippen LogP contribution in [0.25, 0.3) is 0 Å². The van der Waals surface area contributed by atoms with Gasteiger partial charge in [0.1, 0.15) is 18.3 Å². The smallest absolute Gasteiger partial charge is 0.387 e. The molecular weight excluding hydrogens is 485 g/mol. The molecule has 11 nitrogen and oxygen atoms in total. The molecule has 1 aromatic heterocycles. The summed E-state index contributed by atoms with van der Waals surface area (Å²) in [6.45, 7) is -1.46. The van der Waals surface area contributed by atoms with Crippen molar-refractivity contribution in [3.8, 4) is 0 Å². The summed E-state index contributed by atoms with van der Waals surface area (Å²) in [6, 6.07) is 0. The summed E-state index contributed by atoms with van der Waals surface area (Å²) in [7, 11) is 0.791. The van der Waals surface area contributed by atoms with Gasteiger partial charge in [-0.05, 0) is 22.5 Å². The average Bonchev–Trinajstić information content (AvgIpc) is 2.88. The number of hydrogen-bond acceptors (Lipinski definition) is 8. The number of ether oxygens (including phenoxy) is 1. The lowest BCUT2D eigenvalue weighted by Crippen LogP contribution is -2.42. The van der Waals surface area contributed by atoms with Gasteiger partial charge in [-0.1, -0.05) is 0 Å². The largest absolute Gasteiger partial charge is 0.471 e. The van der Waals surface area contributed by atoms with Gasteiger partial charge in [-0.2, -0.15) is 13.2 Å². The molecule has 4 atom stereocenters. The van der Waals surface area contributed by atoms with E-state index in [2.05, 4.69) is 4.52 Å². The summed E-state index contributed by atoms with van der Waals surface area (Å²) in [5, 5.41) is 20.2. The number of hydrogen-bond donors (Lipinski definition) is 3. The number of nitrogens with zero attached hydrogens (tertiary/aromatic N) is 2. The molecule has 170 valence electrons. The van der Waals surface area contributed by atoms with Crippen LogP contribution in [0.1, 0.15) is 11.8 Å². The third-order valence-electron chi connectivity index (χ3n) is 4.04. The van der Waals surface area contributed by atoms with E-state index in [1.165, 1.54) is 0 Å². The number of amides is 1. The number of alkyl halides is 3. The first kappa shape index (κ1) is 24.9. The van der Waals surface area contributed by atoms with Crippen LogP contribution in [-0.2, 0) is 25.2 Å². The van der Waals surface area contributed by atoms with E-state index in [1.807, 2.05) is 4.98 Å². The highest BCUT2D eigenvalue weighted by Crippen LogP contribution is 2.57. The zero-order chi connectivity index (χ0) is 23.0. The lowest BCUT2D eigenvalue weighted by molar-refractivity contribution is -0.184. The van der Waals surface area contributed by atoms with Crippen LogP contribution >= 0.6 is 28.6 Å². The number of carbonyl (C=O) groups is 1. The van der Waals surface area contributed by atoms with Crippen LogP contribution in [0.2, 0.25) is 0 Å². The highest BCUT2D eigenvalue weighted by atomic mass is 35.9. The second-order valence-corrected chi connectivity index (χ2v) is 10.5. The van der Waals surface area contributed by atoms with Gasteiger partial charge in [0.25, 0.3) is 5.56 Å². The maximum Gasteiger partial charge on any atom is 0.471 e. The van der Waals surface area contributed by atoms with E-state index in [-0.39, 0.29) is 4.90 Å². The molecule has 2 rings (SSSR count). The minimum Gasteiger partial charge on any atom is -0.387 e. The molecule has 1 fully saturated rings. The Morgan fingerprint density at radius 3 is 2.50 bits per heavy atom. The Hall–Kier alpha value is -1.41. The quantitative estimate of drug-likeness (QED) is 0.472. The van der Waals surface area contributed by atoms with Crippen LogP contribution in [-0.4, -0.2) is 68.7 Å². The Balaban J connectivity index is 2.29. The molecule has 17 heteroatoms. The molecule has 30 heavy (non-hydrogen) atoms. The van der Waals surface area contributed by atoms with Crippen molar-refractivity contribution < 1.29 is 42.0 Å². The van der Waals surface area contributed by atoms with Crippen molar-refractivity contribution >= 4 is 34.5 Å². The van der Waals surface area contributed by atoms with Crippen LogP contribution in [0.3, 0.4) is 0 Å². The number of nitrogens with one attached hydrogen (secondary N) is 1. The molecule has 1 aromatic rings. The molecule has 0 aromatic carbocycles. The molecule has 0 saturated carbocycles. The predicted molar refractivity (Wildman–Crippen MR) is 95.0 cm³/mol. The Labute approximate surface area is 174 Å². The van der Waals surface area contributed by atoms with Crippen LogP contribution in [0.15, 0.2) is 15.8 Å². The fourth-order valence-electron chi connectivity index (χ4n) is 2.63. The van der Waals surface area contributed by atoms with Crippen LogP contribution in [0.5, 0.6) is 0 Å². The minimum absolute atomic E-state index is 0.204. The number of aromatic amines is 1. The second-order valence-electron chi connectivity index (χ2n) is 6.24. The number of carbonyl (C=O) groups excluding carboxylic acids is 1. The second kappa shape index (κ2) is 8.99. The van der Waals surface area contributed by atoms with E-state index in [0.717, 1.165) is 13.2 Å². The van der Waals surface area contributed by atoms with Crippen molar-refractivity contribution in [2.75, 3.05) is 13.7 Å². The molecule has 0 spiro atoms. The molecule has 2 heterocycles. The van der Waals surface area contributed by atoms with Crippen molar-refractivity contribution in [3.05, 3.63) is 32.6 Å². The van der Waals surface area contributed by atoms with Gasteiger partial charge < -0.3 is 24.4 Å². The molecule has 0 radical (unpaired) electrons. The third kappa shape index (κ3) is 5.84. The van der Waals surface area contributed by atoms with E-state index < -0.39 is 72.7 Å². The maximum atomic E-state index is 12.5. The van der Waals surface area contributed by atoms with E-state index >= 15 is 0 Å². The molecule has 0 aliphatic carbocycles. The first-order chi connectivity index (χ1) is 13.6. The number of rotatable bonds is 6. The van der Waals surface area contributed by atoms with Crippen molar-refractivity contribution in [3.63, 3.8) is 0 Å². The normalized spacial score (nSPS) is 24.8. The molecule has 4 unspecified atom stereocenters. The molecular formula is C13H15Cl2F3N3O8P. The zero-order valence-corrected chi connectivity index (χ0v) is 17.3. The van der Waals surface area contributed by atoms with Gasteiger partial charge in [-0.25, -0.2) is 4.79 Å². The van der Waals surface area contributed by atoms with Crippen LogP contribution in [0, 0.1) is 0 Å². The Morgan fingerprint density at radius 1 is 1.37 bits per heavy atom. The van der Waals surface area contributed by atoms with Crippen LogP contribution < -0.4 is 11.2 Å². The van der Waals surface area contributed by atoms with Gasteiger partial charge in [0, 0.05) is 13.2 Å². The molecule has 1 aliphatic heterocycles. The number of aliphatic hydroxyl groups is 2. The standard InChI is InChI=1S/C13H15Cl2F3N3O8P/c1-20(11(25)13(16,17)18)2-5-3-21(12(26)19-9(5)24)10-8(23)7(22)6(29-10)4-28-30(14,15)27/h3,6-8,10,22-23H,2,4H2,1H3,(H,19,24,26). The predicted octanol–water partition coefficient (Wildman–Crippen LogP) is 0.279.